The number of methoxy groups -OCH3 is 2. The van der Waals surface area contributed by atoms with Crippen molar-refractivity contribution < 1.29 is 42.2 Å². The number of nitrogens with one attached hydrogen (secondary N) is 4. The van der Waals surface area contributed by atoms with Gasteiger partial charge in [0.1, 0.15) is 23.9 Å². The minimum atomic E-state index is -3.33. The molecule has 68 heavy (non-hydrogen) atoms. The van der Waals surface area contributed by atoms with Crippen LogP contribution in [0.3, 0.4) is 0 Å². The van der Waals surface area contributed by atoms with Crippen molar-refractivity contribution in [3.63, 3.8) is 0 Å². The van der Waals surface area contributed by atoms with E-state index in [1.54, 1.807) is 85.9 Å². The van der Waals surface area contributed by atoms with Crippen LogP contribution in [0, 0.1) is 17.8 Å². The van der Waals surface area contributed by atoms with Crippen molar-refractivity contribution in [2.45, 2.75) is 84.0 Å². The lowest BCUT2D eigenvalue weighted by Crippen LogP contribution is -2.54. The average molecular weight is 931 g/mol. The van der Waals surface area contributed by atoms with E-state index in [0.29, 0.717) is 82.1 Å². The smallest absolute Gasteiger partial charge is 0.407 e. The standard InChI is InChI=1S/C51H56F2N8O7/c1-27(2)43(58-49(65)67-6)47(63)60-17-9-12-41(60)45-55-25-40(57-45)34-19-33(23-54-24-34)32-14-16-37-36-15-13-31(21-38(36)51(52,53)39(37)22-32)30-10-8-11-35(20-30)56-46(62)42-18-29(5)26-61(42)48(64)44(28(3)4)59-50(66)68-7/h8,10-11,13-16,19-25,27-29,41-44H,9,12,17-18,26H2,1-7H3,(H,55,57)(H,56,62)(H,58,65)(H,59,66)/t29?,41-,42-,43?,44-/m0/s1. The number of aromatic amines is 1. The second kappa shape index (κ2) is 19.2. The fourth-order valence-corrected chi connectivity index (χ4v) is 9.59. The largest absolute Gasteiger partial charge is 0.453 e. The van der Waals surface area contributed by atoms with Crippen LogP contribution < -0.4 is 16.0 Å². The molecular weight excluding hydrogens is 875 g/mol. The summed E-state index contributed by atoms with van der Waals surface area (Å²) in [6, 6.07) is 16.0. The summed E-state index contributed by atoms with van der Waals surface area (Å²) in [6.07, 6.45) is 5.41. The first kappa shape index (κ1) is 47.3. The number of hydrogen-bond acceptors (Lipinski definition) is 9. The Morgan fingerprint density at radius 2 is 1.34 bits per heavy atom. The fraction of sp³-hybridized carbons (Fsp3) is 0.392. The molecule has 2 aromatic heterocycles. The normalized spacial score (nSPS) is 19.0. The Hall–Kier alpha value is -7.17. The number of hydrogen-bond donors (Lipinski definition) is 4. The first-order valence-electron chi connectivity index (χ1n) is 22.9. The molecule has 0 radical (unpaired) electrons. The van der Waals surface area contributed by atoms with Crippen molar-refractivity contribution >= 4 is 35.6 Å². The van der Waals surface area contributed by atoms with Gasteiger partial charge in [-0.25, -0.2) is 14.6 Å². The van der Waals surface area contributed by atoms with Gasteiger partial charge in [-0.1, -0.05) is 71.0 Å². The highest BCUT2D eigenvalue weighted by Gasteiger charge is 2.45. The third kappa shape index (κ3) is 9.25. The molecule has 356 valence electrons. The lowest BCUT2D eigenvalue weighted by atomic mass is 9.98. The Morgan fingerprint density at radius 1 is 0.750 bits per heavy atom. The monoisotopic (exact) mass is 930 g/mol. The number of carbonyl (C=O) groups is 5. The van der Waals surface area contributed by atoms with Gasteiger partial charge in [0.15, 0.2) is 0 Å². The molecule has 5 amide bonds. The van der Waals surface area contributed by atoms with Crippen molar-refractivity contribution in [3.8, 4) is 44.6 Å². The number of alkyl halides is 2. The topological polar surface area (TPSA) is 188 Å². The summed E-state index contributed by atoms with van der Waals surface area (Å²) >= 11 is 0. The van der Waals surface area contributed by atoms with Crippen LogP contribution in [0.25, 0.3) is 44.6 Å². The number of imidazole rings is 1. The van der Waals surface area contributed by atoms with Gasteiger partial charge < -0.3 is 40.2 Å². The van der Waals surface area contributed by atoms with Crippen LogP contribution in [0.15, 0.2) is 85.3 Å². The number of halogens is 2. The van der Waals surface area contributed by atoms with E-state index in [-0.39, 0.29) is 46.7 Å². The molecular formula is C51H56F2N8O7. The van der Waals surface area contributed by atoms with Gasteiger partial charge in [0.2, 0.25) is 17.7 Å². The van der Waals surface area contributed by atoms with Crippen molar-refractivity contribution in [1.82, 2.24) is 35.4 Å². The van der Waals surface area contributed by atoms with E-state index in [0.717, 1.165) is 6.42 Å². The molecule has 2 fully saturated rings. The minimum Gasteiger partial charge on any atom is -0.453 e. The van der Waals surface area contributed by atoms with E-state index in [1.807, 2.05) is 26.8 Å². The number of aromatic nitrogens is 3. The molecule has 2 aliphatic heterocycles. The second-order valence-corrected chi connectivity index (χ2v) is 18.6. The lowest BCUT2D eigenvalue weighted by molar-refractivity contribution is -0.139. The maximum atomic E-state index is 16.6. The van der Waals surface area contributed by atoms with Crippen LogP contribution >= 0.6 is 0 Å². The van der Waals surface area contributed by atoms with Crippen LogP contribution in [-0.2, 0) is 29.8 Å². The Bertz CT molecular complexity index is 2760. The summed E-state index contributed by atoms with van der Waals surface area (Å²) in [6.45, 7) is 10.1. The fourth-order valence-electron chi connectivity index (χ4n) is 9.59. The molecule has 5 aromatic rings. The van der Waals surface area contributed by atoms with E-state index < -0.39 is 42.1 Å². The average Bonchev–Trinajstić information content (AvgIpc) is 4.15. The van der Waals surface area contributed by atoms with E-state index in [9.17, 15) is 24.0 Å². The molecule has 5 atom stereocenters. The number of pyridine rings is 1. The zero-order valence-electron chi connectivity index (χ0n) is 39.1. The number of fused-ring (bicyclic) bond motifs is 3. The molecule has 8 rings (SSSR count). The summed E-state index contributed by atoms with van der Waals surface area (Å²) < 4.78 is 42.7. The van der Waals surface area contributed by atoms with E-state index in [4.69, 9.17) is 9.47 Å². The van der Waals surface area contributed by atoms with Crippen molar-refractivity contribution in [1.29, 1.82) is 0 Å². The molecule has 4 heterocycles. The zero-order chi connectivity index (χ0) is 48.6. The second-order valence-electron chi connectivity index (χ2n) is 18.6. The van der Waals surface area contributed by atoms with E-state index in [2.05, 4.69) is 30.9 Å². The highest BCUT2D eigenvalue weighted by molar-refractivity contribution is 5.99. The van der Waals surface area contributed by atoms with Crippen molar-refractivity contribution in [2.24, 2.45) is 17.8 Å². The number of ether oxygens (including phenoxy) is 2. The highest BCUT2D eigenvalue weighted by Crippen LogP contribution is 2.53. The van der Waals surface area contributed by atoms with E-state index in [1.165, 1.54) is 31.3 Å². The van der Waals surface area contributed by atoms with Gasteiger partial charge in [0, 0.05) is 53.4 Å². The van der Waals surface area contributed by atoms with Gasteiger partial charge in [0.25, 0.3) is 5.92 Å². The van der Waals surface area contributed by atoms with Crippen LogP contribution in [0.1, 0.15) is 76.9 Å². The van der Waals surface area contributed by atoms with Crippen LogP contribution in [0.5, 0.6) is 0 Å². The number of rotatable bonds is 12. The Kier molecular flexibility index (Phi) is 13.4. The Balaban J connectivity index is 0.981. The molecule has 2 saturated heterocycles. The van der Waals surface area contributed by atoms with Crippen LogP contribution in [0.4, 0.5) is 24.1 Å². The summed E-state index contributed by atoms with van der Waals surface area (Å²) in [4.78, 5) is 80.9. The molecule has 0 saturated carbocycles. The molecule has 4 N–H and O–H groups in total. The third-order valence-electron chi connectivity index (χ3n) is 13.2. The number of nitrogens with zero attached hydrogens (tertiary/aromatic N) is 4. The summed E-state index contributed by atoms with van der Waals surface area (Å²) in [5.41, 5.74) is 4.66. The summed E-state index contributed by atoms with van der Waals surface area (Å²) in [5, 5.41) is 8.20. The third-order valence-corrected chi connectivity index (χ3v) is 13.2. The van der Waals surface area contributed by atoms with Gasteiger partial charge in [-0.15, -0.1) is 0 Å². The minimum absolute atomic E-state index is 0.0381. The first-order valence-corrected chi connectivity index (χ1v) is 22.9. The van der Waals surface area contributed by atoms with Crippen LogP contribution in [-0.4, -0.2) is 100 Å². The SMILES string of the molecule is COC(=O)NC(C(=O)N1CCC[C@H]1c1ncc(-c2cncc(-c3ccc4c(c3)C(F)(F)c3cc(-c5cccc(NC(=O)[C@@H]6CC(C)CN6C(=O)[C@@H](NC(=O)OC)C(C)C)c5)ccc3-4)c2)[nH]1)C(C)C. The maximum absolute atomic E-state index is 16.6. The molecule has 15 nitrogen and oxygen atoms in total. The highest BCUT2D eigenvalue weighted by atomic mass is 19.3. The quantitative estimate of drug-likeness (QED) is 0.0951. The summed E-state index contributed by atoms with van der Waals surface area (Å²) in [7, 11) is 2.48. The molecule has 3 aliphatic rings. The predicted octanol–water partition coefficient (Wildman–Crippen LogP) is 8.53. The Labute approximate surface area is 393 Å². The number of alkyl carbamates (subject to hydrolysis) is 2. The molecule has 17 heteroatoms. The number of carbonyl (C=O) groups excluding carboxylic acids is 5. The van der Waals surface area contributed by atoms with Crippen molar-refractivity contribution in [2.75, 3.05) is 32.6 Å². The number of amides is 5. The molecule has 3 aromatic carbocycles. The van der Waals surface area contributed by atoms with Gasteiger partial charge in [-0.05, 0) is 95.2 Å². The van der Waals surface area contributed by atoms with Crippen molar-refractivity contribution in [3.05, 3.63) is 102 Å². The first-order chi connectivity index (χ1) is 32.5. The number of H-pyrrole nitrogens is 1. The van der Waals surface area contributed by atoms with Crippen LogP contribution in [0.2, 0.25) is 0 Å². The molecule has 1 aliphatic carbocycles. The zero-order valence-corrected chi connectivity index (χ0v) is 39.1. The van der Waals surface area contributed by atoms with E-state index >= 15 is 8.78 Å². The Morgan fingerprint density at radius 3 is 1.96 bits per heavy atom. The van der Waals surface area contributed by atoms with Gasteiger partial charge in [-0.3, -0.25) is 19.4 Å². The molecule has 0 bridgehead atoms. The summed E-state index contributed by atoms with van der Waals surface area (Å²) in [5.74, 6) is -4.12. The number of benzene rings is 3. The maximum Gasteiger partial charge on any atom is 0.407 e. The molecule has 0 spiro atoms. The van der Waals surface area contributed by atoms with Gasteiger partial charge in [0.05, 0.1) is 32.2 Å². The predicted molar refractivity (Wildman–Crippen MR) is 251 cm³/mol. The number of likely N-dealkylation sites (tertiary alicyclic amines) is 2. The van der Waals surface area contributed by atoms with Gasteiger partial charge >= 0.3 is 12.2 Å². The lowest BCUT2D eigenvalue weighted by Gasteiger charge is -2.30. The molecule has 2 unspecified atom stereocenters. The van der Waals surface area contributed by atoms with Gasteiger partial charge in [-0.2, -0.15) is 8.78 Å². The number of anilines is 1.